The topological polar surface area (TPSA) is 148 Å². The van der Waals surface area contributed by atoms with Crippen LogP contribution in [-0.4, -0.2) is 47.3 Å². The summed E-state index contributed by atoms with van der Waals surface area (Å²) in [5, 5.41) is 19.8. The number of fused-ring (bicyclic) bond motifs is 1. The maximum atomic E-state index is 12.7. The molecule has 4 N–H and O–H groups in total. The van der Waals surface area contributed by atoms with Crippen LogP contribution in [-0.2, 0) is 0 Å². The maximum absolute atomic E-state index is 12.7. The average molecular weight is 647 g/mol. The minimum absolute atomic E-state index is 0.00150. The average Bonchev–Trinajstić information content (AvgIpc) is 3.10. The summed E-state index contributed by atoms with van der Waals surface area (Å²) in [6.45, 7) is 0. The number of benzene rings is 4. The van der Waals surface area contributed by atoms with Crippen molar-refractivity contribution in [2.75, 3.05) is 17.7 Å². The molecule has 0 saturated heterocycles. The van der Waals surface area contributed by atoms with Gasteiger partial charge in [-0.1, -0.05) is 24.3 Å². The summed E-state index contributed by atoms with van der Waals surface area (Å²) in [6.07, 6.45) is 4.76. The number of amides is 3. The Labute approximate surface area is 276 Å². The number of aromatic carboxylic acids is 1. The Morgan fingerprint density at radius 2 is 1.46 bits per heavy atom. The summed E-state index contributed by atoms with van der Waals surface area (Å²) in [7, 11) is 1.60. The van der Waals surface area contributed by atoms with Crippen molar-refractivity contribution in [3.8, 4) is 23.1 Å². The highest BCUT2D eigenvalue weighted by atomic mass is 16.5. The van der Waals surface area contributed by atoms with Gasteiger partial charge in [-0.25, -0.2) is 14.6 Å². The van der Waals surface area contributed by atoms with E-state index in [0.717, 1.165) is 48.0 Å². The number of rotatable bonds is 10. The van der Waals surface area contributed by atoms with E-state index in [0.29, 0.717) is 17.3 Å². The van der Waals surface area contributed by atoms with Gasteiger partial charge in [-0.05, 0) is 103 Å². The Balaban J connectivity index is 0.986. The molecule has 1 aliphatic carbocycles. The molecule has 0 bridgehead atoms. The zero-order chi connectivity index (χ0) is 33.5. The number of hydrogen-bond acceptors (Lipinski definition) is 7. The Morgan fingerprint density at radius 3 is 2.15 bits per heavy atom. The molecule has 0 aliphatic heterocycles. The number of ether oxygens (including phenoxy) is 3. The number of carbonyl (C=O) groups is 3. The fourth-order valence-electron chi connectivity index (χ4n) is 5.55. The summed E-state index contributed by atoms with van der Waals surface area (Å²) >= 11 is 0. The van der Waals surface area contributed by atoms with E-state index < -0.39 is 11.9 Å². The second kappa shape index (κ2) is 14.5. The van der Waals surface area contributed by atoms with Crippen molar-refractivity contribution < 1.29 is 33.7 Å². The van der Waals surface area contributed by atoms with Gasteiger partial charge in [0.1, 0.15) is 17.2 Å². The fraction of sp³-hybridized carbons (Fsp3) is 0.189. The van der Waals surface area contributed by atoms with Gasteiger partial charge in [-0.15, -0.1) is 0 Å². The second-order valence-corrected chi connectivity index (χ2v) is 11.4. The van der Waals surface area contributed by atoms with Gasteiger partial charge in [0.05, 0.1) is 30.0 Å². The summed E-state index contributed by atoms with van der Waals surface area (Å²) in [5.74, 6) is 0.790. The number of urea groups is 1. The van der Waals surface area contributed by atoms with Gasteiger partial charge in [-0.3, -0.25) is 4.79 Å². The number of carboxylic acids is 1. The number of anilines is 2. The van der Waals surface area contributed by atoms with E-state index in [4.69, 9.17) is 14.2 Å². The molecule has 11 nitrogen and oxygen atoms in total. The molecule has 1 fully saturated rings. The zero-order valence-corrected chi connectivity index (χ0v) is 26.1. The van der Waals surface area contributed by atoms with Crippen molar-refractivity contribution >= 4 is 40.1 Å². The predicted octanol–water partition coefficient (Wildman–Crippen LogP) is 7.50. The lowest BCUT2D eigenvalue weighted by molar-refractivity contribution is 0.0698. The smallest absolute Gasteiger partial charge is 0.337 e. The van der Waals surface area contributed by atoms with Gasteiger partial charge in [-0.2, -0.15) is 0 Å². The third-order valence-corrected chi connectivity index (χ3v) is 8.07. The first kappa shape index (κ1) is 31.9. The summed E-state index contributed by atoms with van der Waals surface area (Å²) in [5.41, 5.74) is 1.16. The largest absolute Gasteiger partial charge is 0.497 e. The number of nitrogens with one attached hydrogen (secondary N) is 3. The summed E-state index contributed by atoms with van der Waals surface area (Å²) < 4.78 is 17.4. The van der Waals surface area contributed by atoms with Crippen LogP contribution in [0.4, 0.5) is 16.2 Å². The first-order valence-corrected chi connectivity index (χ1v) is 15.5. The molecule has 0 radical (unpaired) electrons. The number of aromatic nitrogens is 1. The third-order valence-electron chi connectivity index (χ3n) is 8.07. The van der Waals surface area contributed by atoms with Crippen molar-refractivity contribution in [2.24, 2.45) is 0 Å². The van der Waals surface area contributed by atoms with Gasteiger partial charge in [0, 0.05) is 24.0 Å². The molecule has 3 amide bonds. The van der Waals surface area contributed by atoms with Crippen LogP contribution in [0.2, 0.25) is 0 Å². The predicted molar refractivity (Wildman–Crippen MR) is 181 cm³/mol. The number of nitrogens with zero attached hydrogens (tertiary/aromatic N) is 1. The number of methoxy groups -OCH3 is 1. The maximum Gasteiger partial charge on any atom is 0.337 e. The van der Waals surface area contributed by atoms with Crippen LogP contribution in [0.15, 0.2) is 103 Å². The molecule has 5 aromatic rings. The van der Waals surface area contributed by atoms with Crippen LogP contribution in [0.5, 0.6) is 23.1 Å². The first-order chi connectivity index (χ1) is 23.3. The highest BCUT2D eigenvalue weighted by Gasteiger charge is 2.24. The molecular formula is C37H34N4O7. The van der Waals surface area contributed by atoms with Gasteiger partial charge >= 0.3 is 12.0 Å². The first-order valence-electron chi connectivity index (χ1n) is 15.5. The molecule has 1 saturated carbocycles. The summed E-state index contributed by atoms with van der Waals surface area (Å²) in [4.78, 5) is 40.8. The van der Waals surface area contributed by atoms with E-state index in [-0.39, 0.29) is 35.0 Å². The van der Waals surface area contributed by atoms with Crippen LogP contribution >= 0.6 is 0 Å². The fourth-order valence-corrected chi connectivity index (χ4v) is 5.55. The van der Waals surface area contributed by atoms with E-state index in [9.17, 15) is 19.5 Å². The number of hydrogen-bond donors (Lipinski definition) is 4. The molecule has 1 aliphatic rings. The van der Waals surface area contributed by atoms with Crippen molar-refractivity contribution in [1.29, 1.82) is 0 Å². The molecule has 0 spiro atoms. The van der Waals surface area contributed by atoms with E-state index in [2.05, 4.69) is 20.9 Å². The SMILES string of the molecule is COc1ccc(NC(=O)NC2CCC(Oc3ccc4cc(Oc5ccc(C(=O)Nc6ccccc6C(=O)O)cn5)ccc4c3)CC2)cc1. The number of carboxylic acid groups (broad SMARTS) is 1. The lowest BCUT2D eigenvalue weighted by Crippen LogP contribution is -2.41. The molecular weight excluding hydrogens is 612 g/mol. The standard InChI is InChI=1S/C37H34N4O7/c1-46-28-15-9-26(10-16-28)39-37(45)40-27-11-17-29(18-12-27)47-30-13-6-24-21-31(14-7-23(24)20-30)48-34-19-8-25(22-38-34)35(42)41-33-5-3-2-4-32(33)36(43)44/h2-10,13-16,19-22,27,29H,11-12,17-18H2,1H3,(H,41,42)(H,43,44)(H2,39,40,45). The lowest BCUT2D eigenvalue weighted by atomic mass is 9.93. The summed E-state index contributed by atoms with van der Waals surface area (Å²) in [6, 6.07) is 28.0. The van der Waals surface area contributed by atoms with Crippen LogP contribution < -0.4 is 30.2 Å². The van der Waals surface area contributed by atoms with Crippen molar-refractivity contribution in [2.45, 2.75) is 37.8 Å². The van der Waals surface area contributed by atoms with E-state index >= 15 is 0 Å². The quantitative estimate of drug-likeness (QED) is 0.122. The monoisotopic (exact) mass is 646 g/mol. The second-order valence-electron chi connectivity index (χ2n) is 11.4. The zero-order valence-electron chi connectivity index (χ0n) is 26.1. The van der Waals surface area contributed by atoms with Crippen molar-refractivity contribution in [1.82, 2.24) is 10.3 Å². The minimum atomic E-state index is -1.13. The van der Waals surface area contributed by atoms with Crippen LogP contribution in [0.25, 0.3) is 10.8 Å². The molecule has 4 aromatic carbocycles. The number of para-hydroxylation sites is 1. The lowest BCUT2D eigenvalue weighted by Gasteiger charge is -2.29. The van der Waals surface area contributed by atoms with Crippen LogP contribution in [0.1, 0.15) is 46.4 Å². The molecule has 0 unspecified atom stereocenters. The molecule has 6 rings (SSSR count). The Morgan fingerprint density at radius 1 is 0.771 bits per heavy atom. The van der Waals surface area contributed by atoms with Gasteiger partial charge in [0.15, 0.2) is 0 Å². The molecule has 244 valence electrons. The van der Waals surface area contributed by atoms with Gasteiger partial charge in [0.25, 0.3) is 5.91 Å². The van der Waals surface area contributed by atoms with Crippen molar-refractivity contribution in [3.63, 3.8) is 0 Å². The Bertz CT molecular complexity index is 1920. The molecule has 1 aromatic heterocycles. The van der Waals surface area contributed by atoms with E-state index in [1.807, 2.05) is 36.4 Å². The normalized spacial score (nSPS) is 15.6. The highest BCUT2D eigenvalue weighted by Crippen LogP contribution is 2.30. The van der Waals surface area contributed by atoms with Crippen LogP contribution in [0.3, 0.4) is 0 Å². The highest BCUT2D eigenvalue weighted by molar-refractivity contribution is 6.07. The van der Waals surface area contributed by atoms with Gasteiger partial charge < -0.3 is 35.3 Å². The van der Waals surface area contributed by atoms with E-state index in [1.165, 1.54) is 18.3 Å². The molecule has 48 heavy (non-hydrogen) atoms. The number of carbonyl (C=O) groups excluding carboxylic acids is 2. The minimum Gasteiger partial charge on any atom is -0.497 e. The molecule has 1 heterocycles. The molecule has 0 atom stereocenters. The third kappa shape index (κ3) is 8.00. The van der Waals surface area contributed by atoms with Crippen molar-refractivity contribution in [3.05, 3.63) is 114 Å². The number of pyridine rings is 1. The van der Waals surface area contributed by atoms with Crippen LogP contribution in [0, 0.1) is 0 Å². The van der Waals surface area contributed by atoms with Gasteiger partial charge in [0.2, 0.25) is 5.88 Å². The van der Waals surface area contributed by atoms with E-state index in [1.54, 1.807) is 55.6 Å². The Kier molecular flexibility index (Phi) is 9.66. The molecule has 11 heteroatoms. The Hall–Kier alpha value is -6.10.